The van der Waals surface area contributed by atoms with Crippen LogP contribution in [0.3, 0.4) is 0 Å². The van der Waals surface area contributed by atoms with Gasteiger partial charge in [0.15, 0.2) is 6.61 Å². The van der Waals surface area contributed by atoms with E-state index in [0.29, 0.717) is 13.0 Å². The van der Waals surface area contributed by atoms with E-state index in [1.165, 1.54) is 38.5 Å². The molecule has 5 nitrogen and oxygen atoms in total. The Morgan fingerprint density at radius 2 is 1.73 bits per heavy atom. The number of carbonyl (C=O) groups excluding carboxylic acids is 2. The van der Waals surface area contributed by atoms with Crippen LogP contribution >= 0.6 is 0 Å². The van der Waals surface area contributed by atoms with Crippen LogP contribution in [0.15, 0.2) is 0 Å². The predicted octanol–water partition coefficient (Wildman–Crippen LogP) is 2.17. The highest BCUT2D eigenvalue weighted by atomic mass is 16.5. The Kier molecular flexibility index (Phi) is 4.37. The van der Waals surface area contributed by atoms with Gasteiger partial charge in [0.2, 0.25) is 0 Å². The molecule has 0 aliphatic heterocycles. The van der Waals surface area contributed by atoms with Crippen LogP contribution in [0.25, 0.3) is 0 Å². The number of nitriles is 1. The van der Waals surface area contributed by atoms with Crippen molar-refractivity contribution in [2.24, 2.45) is 23.2 Å². The molecule has 0 aromatic heterocycles. The molecule has 4 saturated carbocycles. The first kappa shape index (κ1) is 15.3. The van der Waals surface area contributed by atoms with Crippen LogP contribution in [0.1, 0.15) is 51.4 Å². The van der Waals surface area contributed by atoms with Crippen LogP contribution < -0.4 is 5.32 Å². The first-order valence-corrected chi connectivity index (χ1v) is 8.38. The minimum Gasteiger partial charge on any atom is -0.456 e. The van der Waals surface area contributed by atoms with Gasteiger partial charge in [0.25, 0.3) is 5.91 Å². The van der Waals surface area contributed by atoms with E-state index in [1.54, 1.807) is 0 Å². The molecule has 0 heterocycles. The van der Waals surface area contributed by atoms with E-state index in [1.807, 2.05) is 6.07 Å². The second kappa shape index (κ2) is 6.28. The number of nitrogens with zero attached hydrogens (tertiary/aromatic N) is 1. The minimum absolute atomic E-state index is 0.156. The fourth-order valence-corrected chi connectivity index (χ4v) is 5.32. The topological polar surface area (TPSA) is 79.2 Å². The van der Waals surface area contributed by atoms with Crippen molar-refractivity contribution in [2.75, 3.05) is 13.2 Å². The Morgan fingerprint density at radius 3 is 2.27 bits per heavy atom. The maximum absolute atomic E-state index is 12.1. The predicted molar refractivity (Wildman–Crippen MR) is 79.4 cm³/mol. The number of rotatable bonds is 6. The number of carbonyl (C=O) groups is 2. The van der Waals surface area contributed by atoms with Crippen molar-refractivity contribution in [3.05, 3.63) is 0 Å². The van der Waals surface area contributed by atoms with Gasteiger partial charge in [-0.2, -0.15) is 5.26 Å². The molecular formula is C17H24N2O3. The number of hydrogen-bond donors (Lipinski definition) is 1. The summed E-state index contributed by atoms with van der Waals surface area (Å²) >= 11 is 0. The quantitative estimate of drug-likeness (QED) is 0.602. The van der Waals surface area contributed by atoms with Gasteiger partial charge in [0.05, 0.1) is 18.9 Å². The average Bonchev–Trinajstić information content (AvgIpc) is 2.43. The average molecular weight is 304 g/mol. The molecule has 0 aromatic rings. The highest BCUT2D eigenvalue weighted by molar-refractivity contribution is 5.80. The zero-order valence-electron chi connectivity index (χ0n) is 13.0. The second-order valence-electron chi connectivity index (χ2n) is 7.51. The van der Waals surface area contributed by atoms with Gasteiger partial charge in [-0.25, -0.2) is 0 Å². The summed E-state index contributed by atoms with van der Waals surface area (Å²) in [5, 5.41) is 11.0. The molecule has 4 fully saturated rings. The summed E-state index contributed by atoms with van der Waals surface area (Å²) in [5.74, 6) is 1.88. The normalized spacial score (nSPS) is 35.0. The van der Waals surface area contributed by atoms with Crippen LogP contribution in [0.4, 0.5) is 0 Å². The van der Waals surface area contributed by atoms with Crippen LogP contribution in [0.5, 0.6) is 0 Å². The van der Waals surface area contributed by atoms with Crippen molar-refractivity contribution in [1.82, 2.24) is 5.32 Å². The Morgan fingerprint density at radius 1 is 1.14 bits per heavy atom. The van der Waals surface area contributed by atoms with Crippen molar-refractivity contribution in [3.8, 4) is 6.07 Å². The Balaban J connectivity index is 1.44. The van der Waals surface area contributed by atoms with Crippen LogP contribution in [-0.4, -0.2) is 25.0 Å². The molecule has 1 N–H and O–H groups in total. The molecule has 0 unspecified atom stereocenters. The molecule has 4 aliphatic carbocycles. The number of esters is 1. The highest BCUT2D eigenvalue weighted by Crippen LogP contribution is 2.61. The molecule has 0 saturated heterocycles. The van der Waals surface area contributed by atoms with Gasteiger partial charge in [-0.1, -0.05) is 0 Å². The van der Waals surface area contributed by atoms with Crippen molar-refractivity contribution < 1.29 is 14.3 Å². The third-order valence-electron chi connectivity index (χ3n) is 5.61. The van der Waals surface area contributed by atoms with Crippen LogP contribution in [-0.2, 0) is 14.3 Å². The molecule has 0 radical (unpaired) electrons. The van der Waals surface area contributed by atoms with Gasteiger partial charge in [0, 0.05) is 6.54 Å². The maximum Gasteiger partial charge on any atom is 0.306 e. The summed E-state index contributed by atoms with van der Waals surface area (Å²) in [7, 11) is 0. The molecule has 4 bridgehead atoms. The van der Waals surface area contributed by atoms with E-state index >= 15 is 0 Å². The van der Waals surface area contributed by atoms with Crippen molar-refractivity contribution in [1.29, 1.82) is 5.26 Å². The summed E-state index contributed by atoms with van der Waals surface area (Å²) in [6, 6.07) is 1.95. The molecule has 22 heavy (non-hydrogen) atoms. The largest absolute Gasteiger partial charge is 0.456 e. The van der Waals surface area contributed by atoms with Crippen LogP contribution in [0, 0.1) is 34.5 Å². The molecule has 5 heteroatoms. The Labute approximate surface area is 131 Å². The summed E-state index contributed by atoms with van der Waals surface area (Å²) in [4.78, 5) is 23.6. The van der Waals surface area contributed by atoms with E-state index in [0.717, 1.165) is 17.8 Å². The van der Waals surface area contributed by atoms with E-state index in [9.17, 15) is 9.59 Å². The van der Waals surface area contributed by atoms with E-state index < -0.39 is 0 Å². The van der Waals surface area contributed by atoms with Crippen molar-refractivity contribution in [2.45, 2.75) is 51.4 Å². The number of nitrogens with one attached hydrogen (secondary N) is 1. The van der Waals surface area contributed by atoms with E-state index in [-0.39, 0.29) is 30.3 Å². The lowest BCUT2D eigenvalue weighted by Crippen LogP contribution is -2.47. The van der Waals surface area contributed by atoms with Gasteiger partial charge >= 0.3 is 5.97 Å². The lowest BCUT2D eigenvalue weighted by molar-refractivity contribution is -0.155. The number of ether oxygens (including phenoxy) is 1. The summed E-state index contributed by atoms with van der Waals surface area (Å²) < 4.78 is 5.14. The molecular weight excluding hydrogens is 280 g/mol. The van der Waals surface area contributed by atoms with Gasteiger partial charge in [-0.05, 0) is 61.7 Å². The van der Waals surface area contributed by atoms with Gasteiger partial charge in [-0.15, -0.1) is 0 Å². The molecule has 0 spiro atoms. The zero-order chi connectivity index (χ0) is 15.6. The zero-order valence-corrected chi connectivity index (χ0v) is 13.0. The summed E-state index contributed by atoms with van der Waals surface area (Å²) in [5.41, 5.74) is 0.156. The fourth-order valence-electron chi connectivity index (χ4n) is 5.32. The van der Waals surface area contributed by atoms with E-state index in [2.05, 4.69) is 5.32 Å². The van der Waals surface area contributed by atoms with Crippen molar-refractivity contribution >= 4 is 11.9 Å². The van der Waals surface area contributed by atoms with Gasteiger partial charge < -0.3 is 10.1 Å². The molecule has 1 amide bonds. The van der Waals surface area contributed by atoms with Gasteiger partial charge in [0.1, 0.15) is 0 Å². The maximum atomic E-state index is 12.1. The van der Waals surface area contributed by atoms with Gasteiger partial charge in [-0.3, -0.25) is 9.59 Å². The Bertz CT molecular complexity index is 459. The lowest BCUT2D eigenvalue weighted by atomic mass is 9.49. The van der Waals surface area contributed by atoms with Crippen molar-refractivity contribution in [3.63, 3.8) is 0 Å². The summed E-state index contributed by atoms with van der Waals surface area (Å²) in [6.45, 7) is 0.0818. The third-order valence-corrected chi connectivity index (χ3v) is 5.61. The highest BCUT2D eigenvalue weighted by Gasteiger charge is 2.51. The first-order valence-electron chi connectivity index (χ1n) is 8.38. The summed E-state index contributed by atoms with van der Waals surface area (Å²) in [6.07, 6.45) is 8.32. The van der Waals surface area contributed by atoms with E-state index in [4.69, 9.17) is 10.00 Å². The number of hydrogen-bond acceptors (Lipinski definition) is 4. The SMILES string of the molecule is N#CCCNC(=O)COC(=O)CC12CC3CC(CC(C3)C1)C2. The smallest absolute Gasteiger partial charge is 0.306 e. The lowest BCUT2D eigenvalue weighted by Gasteiger charge is -2.56. The fraction of sp³-hybridized carbons (Fsp3) is 0.824. The monoisotopic (exact) mass is 304 g/mol. The standard InChI is InChI=1S/C17H24N2O3/c18-2-1-3-19-15(20)11-22-16(21)10-17-7-12-4-13(8-17)6-14(5-12)9-17/h12-14H,1,3-11H2,(H,19,20). The minimum atomic E-state index is -0.325. The molecule has 0 aromatic carbocycles. The molecule has 4 aliphatic rings. The Hall–Kier alpha value is -1.57. The number of amides is 1. The van der Waals surface area contributed by atoms with Crippen LogP contribution in [0.2, 0.25) is 0 Å². The molecule has 4 rings (SSSR count). The molecule has 120 valence electrons. The third kappa shape index (κ3) is 3.43. The second-order valence-corrected chi connectivity index (χ2v) is 7.51. The molecule has 0 atom stereocenters. The first-order chi connectivity index (χ1) is 10.6.